The van der Waals surface area contributed by atoms with Gasteiger partial charge in [0.15, 0.2) is 5.92 Å². The molecular weight excluding hydrogens is 186 g/mol. The molecule has 14 heavy (non-hydrogen) atoms. The Kier molecular flexibility index (Phi) is 4.59. The van der Waals surface area contributed by atoms with E-state index in [1.165, 1.54) is 4.90 Å². The Hall–Kier alpha value is -1.61. The van der Waals surface area contributed by atoms with Crippen molar-refractivity contribution in [3.63, 3.8) is 0 Å². The second-order valence-electron chi connectivity index (χ2n) is 3.15. The first-order valence-electron chi connectivity index (χ1n) is 3.97. The lowest BCUT2D eigenvalue weighted by Gasteiger charge is -2.24. The second-order valence-corrected chi connectivity index (χ2v) is 3.15. The Morgan fingerprint density at radius 3 is 2.29 bits per heavy atom. The molecule has 2 atom stereocenters. The van der Waals surface area contributed by atoms with E-state index in [1.54, 1.807) is 20.2 Å². The first-order valence-corrected chi connectivity index (χ1v) is 3.97. The average molecular weight is 199 g/mol. The molecule has 0 aliphatic heterocycles. The molecule has 0 aromatic carbocycles. The predicted octanol–water partition coefficient (Wildman–Crippen LogP) is -0.984. The Labute approximate surface area is 81.9 Å². The third-order valence-electron chi connectivity index (χ3n) is 1.86. The number of rotatable bonds is 5. The molecule has 0 aromatic heterocycles. The summed E-state index contributed by atoms with van der Waals surface area (Å²) in [7, 11) is 3.20. The van der Waals surface area contributed by atoms with Crippen molar-refractivity contribution in [3.8, 4) is 6.07 Å². The molecule has 0 saturated carbocycles. The molecule has 1 amide bonds. The van der Waals surface area contributed by atoms with Gasteiger partial charge in [-0.15, -0.1) is 0 Å². The van der Waals surface area contributed by atoms with Crippen molar-refractivity contribution in [2.24, 2.45) is 11.7 Å². The largest absolute Gasteiger partial charge is 0.480 e. The highest BCUT2D eigenvalue weighted by atomic mass is 16.4. The molecule has 0 fully saturated rings. The fourth-order valence-corrected chi connectivity index (χ4v) is 1.11. The van der Waals surface area contributed by atoms with Gasteiger partial charge in [-0.05, 0) is 14.1 Å². The normalized spacial score (nSPS) is 14.4. The van der Waals surface area contributed by atoms with Crippen LogP contribution < -0.4 is 5.73 Å². The lowest BCUT2D eigenvalue weighted by molar-refractivity contribution is -0.141. The van der Waals surface area contributed by atoms with Crippen LogP contribution in [0.25, 0.3) is 0 Å². The van der Waals surface area contributed by atoms with Gasteiger partial charge in [0.2, 0.25) is 5.91 Å². The monoisotopic (exact) mass is 199 g/mol. The van der Waals surface area contributed by atoms with Crippen molar-refractivity contribution in [1.29, 1.82) is 5.26 Å². The molecule has 0 aromatic rings. The standard InChI is InChI=1S/C8H13N3O3/c1-11(2)6(3-7(10)12)5(4-9)8(13)14/h5-6H,3H2,1-2H3,(H2,10,12)(H,13,14). The number of nitriles is 1. The van der Waals surface area contributed by atoms with Gasteiger partial charge in [0.1, 0.15) is 0 Å². The van der Waals surface area contributed by atoms with E-state index in [-0.39, 0.29) is 6.42 Å². The minimum absolute atomic E-state index is 0.141. The Bertz CT molecular complexity index is 269. The zero-order chi connectivity index (χ0) is 11.3. The number of nitrogens with two attached hydrogens (primary N) is 1. The van der Waals surface area contributed by atoms with E-state index in [2.05, 4.69) is 0 Å². The van der Waals surface area contributed by atoms with Crippen LogP contribution in [0.15, 0.2) is 0 Å². The molecule has 0 bridgehead atoms. The fourth-order valence-electron chi connectivity index (χ4n) is 1.11. The summed E-state index contributed by atoms with van der Waals surface area (Å²) in [4.78, 5) is 22.8. The smallest absolute Gasteiger partial charge is 0.322 e. The van der Waals surface area contributed by atoms with Gasteiger partial charge in [-0.3, -0.25) is 9.59 Å². The first kappa shape index (κ1) is 12.4. The molecular formula is C8H13N3O3. The maximum absolute atomic E-state index is 10.7. The lowest BCUT2D eigenvalue weighted by Crippen LogP contribution is -2.41. The fraction of sp³-hybridized carbons (Fsp3) is 0.625. The number of amides is 1. The topological polar surface area (TPSA) is 107 Å². The first-order chi connectivity index (χ1) is 6.40. The summed E-state index contributed by atoms with van der Waals surface area (Å²) in [6.07, 6.45) is -0.141. The molecule has 78 valence electrons. The van der Waals surface area contributed by atoms with Gasteiger partial charge in [0, 0.05) is 12.5 Å². The van der Waals surface area contributed by atoms with Crippen LogP contribution in [0.1, 0.15) is 6.42 Å². The number of carbonyl (C=O) groups is 2. The Balaban J connectivity index is 4.71. The summed E-state index contributed by atoms with van der Waals surface area (Å²) in [6, 6.07) is 0.954. The molecule has 2 unspecified atom stereocenters. The van der Waals surface area contributed by atoms with Gasteiger partial charge in [-0.1, -0.05) is 0 Å². The number of primary amides is 1. The van der Waals surface area contributed by atoms with Crippen LogP contribution in [0, 0.1) is 17.2 Å². The highest BCUT2D eigenvalue weighted by Gasteiger charge is 2.30. The summed E-state index contributed by atoms with van der Waals surface area (Å²) in [6.45, 7) is 0. The van der Waals surface area contributed by atoms with E-state index in [0.29, 0.717) is 0 Å². The zero-order valence-corrected chi connectivity index (χ0v) is 8.10. The van der Waals surface area contributed by atoms with E-state index >= 15 is 0 Å². The van der Waals surface area contributed by atoms with Gasteiger partial charge < -0.3 is 15.7 Å². The highest BCUT2D eigenvalue weighted by Crippen LogP contribution is 2.12. The summed E-state index contributed by atoms with van der Waals surface area (Å²) in [5.74, 6) is -3.10. The van der Waals surface area contributed by atoms with E-state index in [1.807, 2.05) is 0 Å². The molecule has 0 aliphatic rings. The second kappa shape index (κ2) is 5.19. The molecule has 0 rings (SSSR count). The predicted molar refractivity (Wildman–Crippen MR) is 48.0 cm³/mol. The molecule has 0 aliphatic carbocycles. The maximum Gasteiger partial charge on any atom is 0.322 e. The van der Waals surface area contributed by atoms with E-state index in [0.717, 1.165) is 0 Å². The third-order valence-corrected chi connectivity index (χ3v) is 1.86. The van der Waals surface area contributed by atoms with E-state index in [9.17, 15) is 9.59 Å². The van der Waals surface area contributed by atoms with Crippen molar-refractivity contribution >= 4 is 11.9 Å². The molecule has 0 spiro atoms. The summed E-state index contributed by atoms with van der Waals surface area (Å²) in [5, 5.41) is 17.3. The molecule has 6 nitrogen and oxygen atoms in total. The van der Waals surface area contributed by atoms with Crippen molar-refractivity contribution < 1.29 is 14.7 Å². The highest BCUT2D eigenvalue weighted by molar-refractivity contribution is 5.78. The third kappa shape index (κ3) is 3.41. The maximum atomic E-state index is 10.7. The van der Waals surface area contributed by atoms with Crippen LogP contribution in [0.4, 0.5) is 0 Å². The van der Waals surface area contributed by atoms with Gasteiger partial charge >= 0.3 is 5.97 Å². The summed E-state index contributed by atoms with van der Waals surface area (Å²) >= 11 is 0. The van der Waals surface area contributed by atoms with Crippen LogP contribution >= 0.6 is 0 Å². The Morgan fingerprint density at radius 1 is 1.57 bits per heavy atom. The van der Waals surface area contributed by atoms with E-state index in [4.69, 9.17) is 16.1 Å². The molecule has 0 saturated heterocycles. The summed E-state index contributed by atoms with van der Waals surface area (Å²) < 4.78 is 0. The van der Waals surface area contributed by atoms with Gasteiger partial charge in [-0.2, -0.15) is 5.26 Å². The summed E-state index contributed by atoms with van der Waals surface area (Å²) in [5.41, 5.74) is 4.96. The minimum atomic E-state index is -1.24. The molecule has 0 heterocycles. The quantitative estimate of drug-likeness (QED) is 0.591. The zero-order valence-electron chi connectivity index (χ0n) is 8.10. The minimum Gasteiger partial charge on any atom is -0.480 e. The van der Waals surface area contributed by atoms with Crippen LogP contribution in [0.2, 0.25) is 0 Å². The average Bonchev–Trinajstić information content (AvgIpc) is 2.02. The molecule has 0 radical (unpaired) electrons. The Morgan fingerprint density at radius 2 is 2.07 bits per heavy atom. The van der Waals surface area contributed by atoms with Gasteiger partial charge in [0.05, 0.1) is 6.07 Å². The van der Waals surface area contributed by atoms with Crippen LogP contribution in [-0.2, 0) is 9.59 Å². The number of nitrogens with zero attached hydrogens (tertiary/aromatic N) is 2. The number of carboxylic acid groups (broad SMARTS) is 1. The van der Waals surface area contributed by atoms with Crippen LogP contribution in [0.3, 0.4) is 0 Å². The van der Waals surface area contributed by atoms with Crippen LogP contribution in [-0.4, -0.2) is 42.0 Å². The van der Waals surface area contributed by atoms with E-state index < -0.39 is 23.8 Å². The SMILES string of the molecule is CN(C)C(CC(N)=O)C(C#N)C(=O)O. The van der Waals surface area contributed by atoms with Crippen molar-refractivity contribution in [2.75, 3.05) is 14.1 Å². The van der Waals surface area contributed by atoms with Crippen molar-refractivity contribution in [1.82, 2.24) is 4.90 Å². The van der Waals surface area contributed by atoms with Crippen molar-refractivity contribution in [2.45, 2.75) is 12.5 Å². The molecule has 3 N–H and O–H groups in total. The lowest BCUT2D eigenvalue weighted by atomic mass is 9.97. The number of carbonyl (C=O) groups excluding carboxylic acids is 1. The van der Waals surface area contributed by atoms with Gasteiger partial charge in [-0.25, -0.2) is 0 Å². The number of aliphatic carboxylic acids is 1. The molecule has 6 heteroatoms. The number of carboxylic acids is 1. The van der Waals surface area contributed by atoms with Gasteiger partial charge in [0.25, 0.3) is 0 Å². The van der Waals surface area contributed by atoms with Crippen LogP contribution in [0.5, 0.6) is 0 Å². The number of hydrogen-bond acceptors (Lipinski definition) is 4. The van der Waals surface area contributed by atoms with Crippen molar-refractivity contribution in [3.05, 3.63) is 0 Å². The number of hydrogen-bond donors (Lipinski definition) is 2.